The molecule has 0 aliphatic rings. The lowest BCUT2D eigenvalue weighted by Crippen LogP contribution is -2.12. The van der Waals surface area contributed by atoms with Crippen molar-refractivity contribution >= 4 is 15.8 Å². The normalized spacial score (nSPS) is 11.3. The average Bonchev–Trinajstić information content (AvgIpc) is 2.45. The van der Waals surface area contributed by atoms with Crippen LogP contribution < -0.4 is 10.5 Å². The third-order valence-electron chi connectivity index (χ3n) is 2.74. The Hall–Kier alpha value is -2.03. The predicted molar refractivity (Wildman–Crippen MR) is 77.9 cm³/mol. The van der Waals surface area contributed by atoms with Gasteiger partial charge in [-0.25, -0.2) is 23.5 Å². The zero-order valence-corrected chi connectivity index (χ0v) is 12.3. The van der Waals surface area contributed by atoms with Gasteiger partial charge < -0.3 is 10.1 Å². The van der Waals surface area contributed by atoms with Crippen LogP contribution in [0.2, 0.25) is 0 Å². The molecule has 112 valence electrons. The molecule has 0 aliphatic carbocycles. The monoisotopic (exact) mass is 308 g/mol. The highest BCUT2D eigenvalue weighted by molar-refractivity contribution is 7.89. The van der Waals surface area contributed by atoms with Crippen molar-refractivity contribution in [1.29, 1.82) is 0 Å². The second-order valence-corrected chi connectivity index (χ2v) is 5.93. The first-order chi connectivity index (χ1) is 9.99. The zero-order valence-electron chi connectivity index (χ0n) is 11.5. The van der Waals surface area contributed by atoms with Gasteiger partial charge in [0.1, 0.15) is 12.1 Å². The first-order valence-corrected chi connectivity index (χ1v) is 7.69. The smallest absolute Gasteiger partial charge is 0.238 e. The van der Waals surface area contributed by atoms with Crippen molar-refractivity contribution in [2.24, 2.45) is 5.14 Å². The largest absolute Gasteiger partial charge is 0.378 e. The Morgan fingerprint density at radius 3 is 2.57 bits per heavy atom. The molecule has 2 aromatic rings. The Kier molecular flexibility index (Phi) is 4.84. The molecule has 0 unspecified atom stereocenters. The zero-order chi connectivity index (χ0) is 15.3. The van der Waals surface area contributed by atoms with Gasteiger partial charge in [0, 0.05) is 19.7 Å². The number of sulfonamides is 1. The molecule has 21 heavy (non-hydrogen) atoms. The summed E-state index contributed by atoms with van der Waals surface area (Å²) in [6.45, 7) is 0.925. The van der Waals surface area contributed by atoms with Crippen molar-refractivity contribution in [2.75, 3.05) is 12.4 Å². The number of nitrogens with one attached hydrogen (secondary N) is 1. The number of ether oxygens (including phenoxy) is 1. The van der Waals surface area contributed by atoms with Crippen LogP contribution >= 0.6 is 0 Å². The third-order valence-corrected chi connectivity index (χ3v) is 3.67. The van der Waals surface area contributed by atoms with Gasteiger partial charge >= 0.3 is 0 Å². The SMILES string of the molecule is COCc1cc(NCc2ccc(S(N)(=O)=O)cc2)ncn1. The van der Waals surface area contributed by atoms with E-state index in [4.69, 9.17) is 9.88 Å². The summed E-state index contributed by atoms with van der Waals surface area (Å²) in [5, 5.41) is 8.18. The van der Waals surface area contributed by atoms with E-state index < -0.39 is 10.0 Å². The van der Waals surface area contributed by atoms with Crippen LogP contribution in [0.25, 0.3) is 0 Å². The topological polar surface area (TPSA) is 107 Å². The van der Waals surface area contributed by atoms with Gasteiger partial charge in [-0.15, -0.1) is 0 Å². The summed E-state index contributed by atoms with van der Waals surface area (Å²) in [6.07, 6.45) is 1.46. The molecular formula is C13H16N4O3S. The number of benzene rings is 1. The Morgan fingerprint density at radius 1 is 1.24 bits per heavy atom. The highest BCUT2D eigenvalue weighted by atomic mass is 32.2. The predicted octanol–water partition coefficient (Wildman–Crippen LogP) is 0.882. The molecule has 1 aromatic carbocycles. The van der Waals surface area contributed by atoms with Crippen molar-refractivity contribution in [3.05, 3.63) is 47.9 Å². The van der Waals surface area contributed by atoms with Crippen molar-refractivity contribution < 1.29 is 13.2 Å². The molecule has 0 radical (unpaired) electrons. The van der Waals surface area contributed by atoms with Gasteiger partial charge in [-0.05, 0) is 17.7 Å². The summed E-state index contributed by atoms with van der Waals surface area (Å²) in [4.78, 5) is 8.26. The molecule has 1 aromatic heterocycles. The number of nitrogens with zero attached hydrogens (tertiary/aromatic N) is 2. The highest BCUT2D eigenvalue weighted by Crippen LogP contribution is 2.11. The van der Waals surface area contributed by atoms with E-state index in [1.165, 1.54) is 18.5 Å². The van der Waals surface area contributed by atoms with Gasteiger partial charge in [0.25, 0.3) is 0 Å². The Balaban J connectivity index is 2.01. The van der Waals surface area contributed by atoms with Gasteiger partial charge in [0.05, 0.1) is 17.2 Å². The van der Waals surface area contributed by atoms with E-state index in [1.807, 2.05) is 0 Å². The van der Waals surface area contributed by atoms with Crippen molar-refractivity contribution in [1.82, 2.24) is 9.97 Å². The molecule has 0 saturated carbocycles. The van der Waals surface area contributed by atoms with Crippen LogP contribution in [-0.2, 0) is 27.9 Å². The molecule has 7 nitrogen and oxygen atoms in total. The van der Waals surface area contributed by atoms with E-state index in [9.17, 15) is 8.42 Å². The molecule has 0 atom stereocenters. The summed E-state index contributed by atoms with van der Waals surface area (Å²) >= 11 is 0. The summed E-state index contributed by atoms with van der Waals surface area (Å²) in [5.74, 6) is 0.674. The van der Waals surface area contributed by atoms with Gasteiger partial charge in [0.2, 0.25) is 10.0 Å². The fourth-order valence-corrected chi connectivity index (χ4v) is 2.23. The Bertz CT molecular complexity index is 702. The first-order valence-electron chi connectivity index (χ1n) is 6.14. The van der Waals surface area contributed by atoms with E-state index in [1.54, 1.807) is 25.3 Å². The minimum Gasteiger partial charge on any atom is -0.378 e. The van der Waals surface area contributed by atoms with Crippen molar-refractivity contribution in [3.63, 3.8) is 0 Å². The van der Waals surface area contributed by atoms with E-state index in [-0.39, 0.29) is 4.90 Å². The number of rotatable bonds is 6. The molecule has 0 fully saturated rings. The molecule has 0 spiro atoms. The van der Waals surface area contributed by atoms with E-state index >= 15 is 0 Å². The Labute approximate surface area is 123 Å². The highest BCUT2D eigenvalue weighted by Gasteiger charge is 2.06. The molecule has 3 N–H and O–H groups in total. The number of methoxy groups -OCH3 is 1. The lowest BCUT2D eigenvalue weighted by molar-refractivity contribution is 0.181. The number of aromatic nitrogens is 2. The molecule has 0 saturated heterocycles. The average molecular weight is 308 g/mol. The van der Waals surface area contributed by atoms with Gasteiger partial charge in [-0.3, -0.25) is 0 Å². The number of hydrogen-bond donors (Lipinski definition) is 2. The number of nitrogens with two attached hydrogens (primary N) is 1. The van der Waals surface area contributed by atoms with Crippen LogP contribution in [0.15, 0.2) is 41.6 Å². The molecule has 1 heterocycles. The minimum atomic E-state index is -3.65. The van der Waals surface area contributed by atoms with Crippen LogP contribution in [0.5, 0.6) is 0 Å². The van der Waals surface area contributed by atoms with Crippen LogP contribution in [0.1, 0.15) is 11.3 Å². The summed E-state index contributed by atoms with van der Waals surface area (Å²) in [5.41, 5.74) is 1.69. The maximum absolute atomic E-state index is 11.2. The second-order valence-electron chi connectivity index (χ2n) is 4.37. The quantitative estimate of drug-likeness (QED) is 0.820. The number of primary sulfonamides is 1. The summed E-state index contributed by atoms with van der Waals surface area (Å²) in [7, 11) is -2.05. The molecule has 0 bridgehead atoms. The van der Waals surface area contributed by atoms with Gasteiger partial charge in [-0.1, -0.05) is 12.1 Å². The van der Waals surface area contributed by atoms with Gasteiger partial charge in [-0.2, -0.15) is 0 Å². The van der Waals surface area contributed by atoms with Crippen LogP contribution in [0.3, 0.4) is 0 Å². The van der Waals surface area contributed by atoms with Crippen molar-refractivity contribution in [3.8, 4) is 0 Å². The fourth-order valence-electron chi connectivity index (χ4n) is 1.71. The van der Waals surface area contributed by atoms with E-state index in [0.717, 1.165) is 11.3 Å². The lowest BCUT2D eigenvalue weighted by atomic mass is 10.2. The lowest BCUT2D eigenvalue weighted by Gasteiger charge is -2.07. The van der Waals surface area contributed by atoms with Crippen LogP contribution in [-0.4, -0.2) is 25.5 Å². The van der Waals surface area contributed by atoms with E-state index in [2.05, 4.69) is 15.3 Å². The third kappa shape index (κ3) is 4.48. The molecule has 2 rings (SSSR count). The molecule has 0 amide bonds. The summed E-state index contributed by atoms with van der Waals surface area (Å²) < 4.78 is 27.3. The first kappa shape index (κ1) is 15.4. The minimum absolute atomic E-state index is 0.0932. The molecule has 0 aliphatic heterocycles. The maximum atomic E-state index is 11.2. The number of anilines is 1. The second kappa shape index (κ2) is 6.61. The van der Waals surface area contributed by atoms with E-state index in [0.29, 0.717) is 19.0 Å². The maximum Gasteiger partial charge on any atom is 0.238 e. The molecular weight excluding hydrogens is 292 g/mol. The number of hydrogen-bond acceptors (Lipinski definition) is 6. The summed E-state index contributed by atoms with van der Waals surface area (Å²) in [6, 6.07) is 8.14. The standard InChI is InChI=1S/C13H16N4O3S/c1-20-8-11-6-13(17-9-16-11)15-7-10-2-4-12(5-3-10)21(14,18)19/h2-6,9H,7-8H2,1H3,(H2,14,18,19)(H,15,16,17). The fraction of sp³-hybridized carbons (Fsp3) is 0.231. The Morgan fingerprint density at radius 2 is 1.95 bits per heavy atom. The molecule has 8 heteroatoms. The van der Waals surface area contributed by atoms with Gasteiger partial charge in [0.15, 0.2) is 0 Å². The van der Waals surface area contributed by atoms with Crippen molar-refractivity contribution in [2.45, 2.75) is 18.0 Å². The van der Waals surface area contributed by atoms with Crippen LogP contribution in [0.4, 0.5) is 5.82 Å². The van der Waals surface area contributed by atoms with Crippen LogP contribution in [0, 0.1) is 0 Å².